The summed E-state index contributed by atoms with van der Waals surface area (Å²) in [6.07, 6.45) is 6.81. The molecule has 0 aliphatic heterocycles. The number of carbonyl (C=O) groups is 2. The molecule has 6 heteroatoms. The molecule has 0 bridgehead atoms. The summed E-state index contributed by atoms with van der Waals surface area (Å²) in [5.41, 5.74) is 5.89. The lowest BCUT2D eigenvalue weighted by molar-refractivity contribution is -0.127. The molecule has 2 amide bonds. The van der Waals surface area contributed by atoms with Gasteiger partial charge in [0.2, 0.25) is 11.8 Å². The lowest BCUT2D eigenvalue weighted by Gasteiger charge is -2.24. The summed E-state index contributed by atoms with van der Waals surface area (Å²) in [5, 5.41) is 5.22. The minimum Gasteiger partial charge on any atom is -0.383 e. The summed E-state index contributed by atoms with van der Waals surface area (Å²) >= 11 is 0. The van der Waals surface area contributed by atoms with Crippen LogP contribution >= 0.6 is 0 Å². The van der Waals surface area contributed by atoms with Crippen molar-refractivity contribution in [1.29, 1.82) is 0 Å². The molecular weight excluding hydrogens is 258 g/mol. The molecule has 0 heterocycles. The van der Waals surface area contributed by atoms with Gasteiger partial charge in [-0.2, -0.15) is 0 Å². The second-order valence-electron chi connectivity index (χ2n) is 5.41. The highest BCUT2D eigenvalue weighted by Gasteiger charge is 2.21. The first-order valence-corrected chi connectivity index (χ1v) is 7.42. The molecule has 1 fully saturated rings. The Morgan fingerprint density at radius 3 is 2.60 bits per heavy atom. The molecule has 6 nitrogen and oxygen atoms in total. The second-order valence-corrected chi connectivity index (χ2v) is 5.41. The normalized spacial score (nSPS) is 17.5. The van der Waals surface area contributed by atoms with Crippen LogP contribution in [0.15, 0.2) is 0 Å². The Bertz CT molecular complexity index is 304. The van der Waals surface area contributed by atoms with Crippen molar-refractivity contribution in [3.63, 3.8) is 0 Å². The van der Waals surface area contributed by atoms with Gasteiger partial charge in [-0.15, -0.1) is 0 Å². The summed E-state index contributed by atoms with van der Waals surface area (Å²) in [6, 6.07) is -0.509. The SMILES string of the molecule is COCCNC(=O)CNC(=O)C(N)CC1CCCCC1. The third-order valence-corrected chi connectivity index (χ3v) is 3.70. The van der Waals surface area contributed by atoms with Gasteiger partial charge in [0.25, 0.3) is 0 Å². The number of ether oxygens (including phenoxy) is 1. The molecule has 20 heavy (non-hydrogen) atoms. The van der Waals surface area contributed by atoms with Crippen LogP contribution in [0, 0.1) is 5.92 Å². The van der Waals surface area contributed by atoms with E-state index in [2.05, 4.69) is 10.6 Å². The van der Waals surface area contributed by atoms with Gasteiger partial charge in [0.15, 0.2) is 0 Å². The Morgan fingerprint density at radius 1 is 1.25 bits per heavy atom. The summed E-state index contributed by atoms with van der Waals surface area (Å²) in [5.74, 6) is 0.0951. The summed E-state index contributed by atoms with van der Waals surface area (Å²) in [6.45, 7) is 0.876. The van der Waals surface area contributed by atoms with Crippen LogP contribution in [-0.2, 0) is 14.3 Å². The molecule has 1 unspecified atom stereocenters. The maximum atomic E-state index is 11.8. The van der Waals surface area contributed by atoms with E-state index in [4.69, 9.17) is 10.5 Å². The molecule has 0 aromatic rings. The predicted molar refractivity (Wildman–Crippen MR) is 77.1 cm³/mol. The highest BCUT2D eigenvalue weighted by atomic mass is 16.5. The Labute approximate surface area is 120 Å². The predicted octanol–water partition coefficient (Wildman–Crippen LogP) is 0.163. The standard InChI is InChI=1S/C14H27N3O3/c1-20-8-7-16-13(18)10-17-14(19)12(15)9-11-5-3-2-4-6-11/h11-12H,2-10,15H2,1H3,(H,16,18)(H,17,19). The van der Waals surface area contributed by atoms with Gasteiger partial charge in [-0.25, -0.2) is 0 Å². The molecule has 1 saturated carbocycles. The fourth-order valence-electron chi connectivity index (χ4n) is 2.54. The van der Waals surface area contributed by atoms with E-state index >= 15 is 0 Å². The minimum absolute atomic E-state index is 0.0269. The van der Waals surface area contributed by atoms with E-state index < -0.39 is 6.04 Å². The Balaban J connectivity index is 2.15. The largest absolute Gasteiger partial charge is 0.383 e. The van der Waals surface area contributed by atoms with Gasteiger partial charge in [-0.05, 0) is 12.3 Å². The van der Waals surface area contributed by atoms with Crippen molar-refractivity contribution in [2.75, 3.05) is 26.8 Å². The van der Waals surface area contributed by atoms with Gasteiger partial charge in [0.1, 0.15) is 0 Å². The molecular formula is C14H27N3O3. The van der Waals surface area contributed by atoms with E-state index in [1.54, 1.807) is 7.11 Å². The van der Waals surface area contributed by atoms with E-state index in [1.807, 2.05) is 0 Å². The lowest BCUT2D eigenvalue weighted by atomic mass is 9.85. The number of amides is 2. The molecule has 1 rings (SSSR count). The number of nitrogens with one attached hydrogen (secondary N) is 2. The maximum Gasteiger partial charge on any atom is 0.239 e. The van der Waals surface area contributed by atoms with Crippen LogP contribution in [0.5, 0.6) is 0 Å². The lowest BCUT2D eigenvalue weighted by Crippen LogP contribution is -2.46. The van der Waals surface area contributed by atoms with Gasteiger partial charge >= 0.3 is 0 Å². The van der Waals surface area contributed by atoms with Crippen LogP contribution in [0.4, 0.5) is 0 Å². The molecule has 1 atom stereocenters. The Kier molecular flexibility index (Phi) is 8.22. The number of nitrogens with two attached hydrogens (primary N) is 1. The number of rotatable bonds is 8. The molecule has 0 aromatic carbocycles. The van der Waals surface area contributed by atoms with E-state index in [0.717, 1.165) is 6.42 Å². The van der Waals surface area contributed by atoms with Crippen LogP contribution < -0.4 is 16.4 Å². The first kappa shape index (κ1) is 16.9. The Morgan fingerprint density at radius 2 is 1.95 bits per heavy atom. The van der Waals surface area contributed by atoms with Gasteiger partial charge in [0.05, 0.1) is 19.2 Å². The topological polar surface area (TPSA) is 93.5 Å². The van der Waals surface area contributed by atoms with E-state index in [1.165, 1.54) is 32.1 Å². The van der Waals surface area contributed by atoms with Crippen LogP contribution in [0.1, 0.15) is 38.5 Å². The zero-order valence-corrected chi connectivity index (χ0v) is 12.3. The monoisotopic (exact) mass is 285 g/mol. The van der Waals surface area contributed by atoms with Gasteiger partial charge < -0.3 is 21.1 Å². The van der Waals surface area contributed by atoms with Crippen LogP contribution in [0.3, 0.4) is 0 Å². The van der Waals surface area contributed by atoms with Gasteiger partial charge in [-0.3, -0.25) is 9.59 Å². The van der Waals surface area contributed by atoms with Crippen LogP contribution in [0.25, 0.3) is 0 Å². The number of hydrogen-bond donors (Lipinski definition) is 3. The highest BCUT2D eigenvalue weighted by Crippen LogP contribution is 2.26. The van der Waals surface area contributed by atoms with E-state index in [-0.39, 0.29) is 18.4 Å². The molecule has 0 radical (unpaired) electrons. The molecule has 0 aromatic heterocycles. The molecule has 116 valence electrons. The average molecular weight is 285 g/mol. The fraction of sp³-hybridized carbons (Fsp3) is 0.857. The van der Waals surface area contributed by atoms with Gasteiger partial charge in [0, 0.05) is 13.7 Å². The quantitative estimate of drug-likeness (QED) is 0.554. The molecule has 4 N–H and O–H groups in total. The summed E-state index contributed by atoms with van der Waals surface area (Å²) < 4.78 is 4.82. The first-order chi connectivity index (χ1) is 9.63. The molecule has 1 aliphatic carbocycles. The van der Waals surface area contributed by atoms with Crippen molar-refractivity contribution < 1.29 is 14.3 Å². The number of carbonyl (C=O) groups excluding carboxylic acids is 2. The van der Waals surface area contributed by atoms with E-state index in [9.17, 15) is 9.59 Å². The zero-order chi connectivity index (χ0) is 14.8. The molecule has 1 aliphatic rings. The van der Waals surface area contributed by atoms with Crippen LogP contribution in [0.2, 0.25) is 0 Å². The molecule has 0 spiro atoms. The van der Waals surface area contributed by atoms with Crippen molar-refractivity contribution in [2.24, 2.45) is 11.7 Å². The van der Waals surface area contributed by atoms with Gasteiger partial charge in [-0.1, -0.05) is 32.1 Å². The second kappa shape index (κ2) is 9.72. The van der Waals surface area contributed by atoms with Crippen molar-refractivity contribution in [3.05, 3.63) is 0 Å². The molecule has 0 saturated heterocycles. The van der Waals surface area contributed by atoms with E-state index in [0.29, 0.717) is 19.1 Å². The maximum absolute atomic E-state index is 11.8. The zero-order valence-electron chi connectivity index (χ0n) is 12.3. The van der Waals surface area contributed by atoms with Crippen molar-refractivity contribution >= 4 is 11.8 Å². The minimum atomic E-state index is -0.509. The third kappa shape index (κ3) is 6.86. The van der Waals surface area contributed by atoms with Crippen molar-refractivity contribution in [3.8, 4) is 0 Å². The average Bonchev–Trinajstić information content (AvgIpc) is 2.46. The van der Waals surface area contributed by atoms with Crippen LogP contribution in [-0.4, -0.2) is 44.7 Å². The number of methoxy groups -OCH3 is 1. The third-order valence-electron chi connectivity index (χ3n) is 3.70. The fourth-order valence-corrected chi connectivity index (χ4v) is 2.54. The van der Waals surface area contributed by atoms with Crippen molar-refractivity contribution in [2.45, 2.75) is 44.6 Å². The highest BCUT2D eigenvalue weighted by molar-refractivity contribution is 5.87. The number of hydrogen-bond acceptors (Lipinski definition) is 4. The van der Waals surface area contributed by atoms with Crippen molar-refractivity contribution in [1.82, 2.24) is 10.6 Å². The smallest absolute Gasteiger partial charge is 0.239 e. The first-order valence-electron chi connectivity index (χ1n) is 7.42. The Hall–Kier alpha value is -1.14. The summed E-state index contributed by atoms with van der Waals surface area (Å²) in [4.78, 5) is 23.2. The summed E-state index contributed by atoms with van der Waals surface area (Å²) in [7, 11) is 1.57.